The molecule has 6 heteroatoms. The lowest BCUT2D eigenvalue weighted by molar-refractivity contribution is -0.114. The van der Waals surface area contributed by atoms with Gasteiger partial charge in [0.25, 0.3) is 0 Å². The average Bonchev–Trinajstić information content (AvgIpc) is 2.73. The zero-order chi connectivity index (χ0) is 20.2. The standard InChI is InChI=1S/C23H20FNO4/c1-15(26)25-20-7-9-21(10-8-20)27-13-17-11-19(24)12-18-14-28-23(29-22(17)18)16-5-3-2-4-6-16/h2-12,23H,13-14H2,1H3,(H,25,26)/t23-/m0/s1. The van der Waals surface area contributed by atoms with Crippen molar-refractivity contribution in [2.24, 2.45) is 0 Å². The summed E-state index contributed by atoms with van der Waals surface area (Å²) in [6.45, 7) is 1.84. The minimum atomic E-state index is -0.551. The van der Waals surface area contributed by atoms with Crippen molar-refractivity contribution >= 4 is 11.6 Å². The molecule has 1 N–H and O–H groups in total. The van der Waals surface area contributed by atoms with Crippen molar-refractivity contribution in [1.82, 2.24) is 0 Å². The normalized spacial score (nSPS) is 15.2. The third kappa shape index (κ3) is 4.55. The van der Waals surface area contributed by atoms with Gasteiger partial charge in [0.2, 0.25) is 12.2 Å². The fourth-order valence-electron chi connectivity index (χ4n) is 3.16. The third-order valence-electron chi connectivity index (χ3n) is 4.46. The number of rotatable bonds is 5. The van der Waals surface area contributed by atoms with Gasteiger partial charge in [-0.25, -0.2) is 4.39 Å². The molecule has 5 nitrogen and oxygen atoms in total. The molecule has 29 heavy (non-hydrogen) atoms. The lowest BCUT2D eigenvalue weighted by Crippen LogP contribution is -2.19. The predicted octanol–water partition coefficient (Wildman–Crippen LogP) is 4.97. The van der Waals surface area contributed by atoms with Crippen LogP contribution in [-0.2, 0) is 22.7 Å². The molecule has 0 fully saturated rings. The van der Waals surface area contributed by atoms with E-state index in [1.54, 1.807) is 24.3 Å². The van der Waals surface area contributed by atoms with E-state index in [0.717, 1.165) is 5.56 Å². The molecule has 0 saturated heterocycles. The highest BCUT2D eigenvalue weighted by molar-refractivity contribution is 5.88. The Morgan fingerprint density at radius 1 is 1.14 bits per heavy atom. The second-order valence-electron chi connectivity index (χ2n) is 6.72. The monoisotopic (exact) mass is 393 g/mol. The Morgan fingerprint density at radius 2 is 1.90 bits per heavy atom. The van der Waals surface area contributed by atoms with Gasteiger partial charge < -0.3 is 19.5 Å². The van der Waals surface area contributed by atoms with Gasteiger partial charge in [-0.2, -0.15) is 0 Å². The van der Waals surface area contributed by atoms with Crippen LogP contribution in [0.3, 0.4) is 0 Å². The number of hydrogen-bond donors (Lipinski definition) is 1. The third-order valence-corrected chi connectivity index (χ3v) is 4.46. The fraction of sp³-hybridized carbons (Fsp3) is 0.174. The minimum absolute atomic E-state index is 0.140. The molecule has 3 aromatic carbocycles. The molecule has 0 unspecified atom stereocenters. The molecule has 0 aliphatic carbocycles. The minimum Gasteiger partial charge on any atom is -0.489 e. The van der Waals surface area contributed by atoms with E-state index >= 15 is 0 Å². The van der Waals surface area contributed by atoms with Crippen LogP contribution >= 0.6 is 0 Å². The summed E-state index contributed by atoms with van der Waals surface area (Å²) < 4.78 is 31.7. The van der Waals surface area contributed by atoms with Crippen LogP contribution in [0.15, 0.2) is 66.7 Å². The molecule has 0 radical (unpaired) electrons. The highest BCUT2D eigenvalue weighted by atomic mass is 19.1. The number of ether oxygens (including phenoxy) is 3. The summed E-state index contributed by atoms with van der Waals surface area (Å²) in [5.41, 5.74) is 2.83. The van der Waals surface area contributed by atoms with E-state index < -0.39 is 6.29 Å². The predicted molar refractivity (Wildman–Crippen MR) is 106 cm³/mol. The number of carbonyl (C=O) groups excluding carboxylic acids is 1. The Bertz CT molecular complexity index is 1010. The first-order chi connectivity index (χ1) is 14.1. The lowest BCUT2D eigenvalue weighted by atomic mass is 10.1. The van der Waals surface area contributed by atoms with Crippen LogP contribution in [0, 0.1) is 5.82 Å². The van der Waals surface area contributed by atoms with Gasteiger partial charge in [0.15, 0.2) is 0 Å². The van der Waals surface area contributed by atoms with E-state index in [4.69, 9.17) is 14.2 Å². The maximum absolute atomic E-state index is 14.1. The van der Waals surface area contributed by atoms with Crippen molar-refractivity contribution < 1.29 is 23.4 Å². The van der Waals surface area contributed by atoms with E-state index in [-0.39, 0.29) is 24.9 Å². The second-order valence-corrected chi connectivity index (χ2v) is 6.72. The molecule has 4 rings (SSSR count). The molecule has 3 aromatic rings. The highest BCUT2D eigenvalue weighted by Crippen LogP contribution is 2.37. The van der Waals surface area contributed by atoms with Crippen LogP contribution in [-0.4, -0.2) is 5.91 Å². The van der Waals surface area contributed by atoms with Crippen LogP contribution in [0.4, 0.5) is 10.1 Å². The maximum atomic E-state index is 14.1. The molecule has 148 valence electrons. The molecule has 1 aliphatic heterocycles. The quantitative estimate of drug-likeness (QED) is 0.665. The van der Waals surface area contributed by atoms with E-state index in [1.165, 1.54) is 19.1 Å². The summed E-state index contributed by atoms with van der Waals surface area (Å²) in [6.07, 6.45) is -0.551. The molecular formula is C23H20FNO4. The topological polar surface area (TPSA) is 56.8 Å². The van der Waals surface area contributed by atoms with Crippen LogP contribution < -0.4 is 14.8 Å². The van der Waals surface area contributed by atoms with Crippen molar-refractivity contribution in [2.45, 2.75) is 26.4 Å². The van der Waals surface area contributed by atoms with Crippen LogP contribution in [0.5, 0.6) is 11.5 Å². The first kappa shape index (κ1) is 19.0. The largest absolute Gasteiger partial charge is 0.489 e. The summed E-state index contributed by atoms with van der Waals surface area (Å²) in [5, 5.41) is 2.70. The zero-order valence-corrected chi connectivity index (χ0v) is 15.9. The number of hydrogen-bond acceptors (Lipinski definition) is 4. The number of anilines is 1. The van der Waals surface area contributed by atoms with Crippen LogP contribution in [0.2, 0.25) is 0 Å². The van der Waals surface area contributed by atoms with Crippen molar-refractivity contribution in [2.75, 3.05) is 5.32 Å². The molecule has 1 heterocycles. The fourth-order valence-corrected chi connectivity index (χ4v) is 3.16. The number of halogens is 1. The Morgan fingerprint density at radius 3 is 2.62 bits per heavy atom. The van der Waals surface area contributed by atoms with E-state index in [0.29, 0.717) is 28.3 Å². The molecular weight excluding hydrogens is 373 g/mol. The van der Waals surface area contributed by atoms with Gasteiger partial charge in [-0.05, 0) is 36.4 Å². The summed E-state index contributed by atoms with van der Waals surface area (Å²) >= 11 is 0. The van der Waals surface area contributed by atoms with E-state index in [2.05, 4.69) is 5.32 Å². The Kier molecular flexibility index (Phi) is 5.44. The SMILES string of the molecule is CC(=O)Nc1ccc(OCc2cc(F)cc3c2O[C@@H](c2ccccc2)OC3)cc1. The van der Waals surface area contributed by atoms with Gasteiger partial charge in [0.05, 0.1) is 6.61 Å². The maximum Gasteiger partial charge on any atom is 0.227 e. The van der Waals surface area contributed by atoms with Gasteiger partial charge >= 0.3 is 0 Å². The lowest BCUT2D eigenvalue weighted by Gasteiger charge is -2.28. The van der Waals surface area contributed by atoms with Gasteiger partial charge in [-0.1, -0.05) is 30.3 Å². The zero-order valence-electron chi connectivity index (χ0n) is 15.9. The van der Waals surface area contributed by atoms with Gasteiger partial charge in [0, 0.05) is 29.3 Å². The van der Waals surface area contributed by atoms with Crippen molar-refractivity contribution in [1.29, 1.82) is 0 Å². The van der Waals surface area contributed by atoms with Gasteiger partial charge in [-0.3, -0.25) is 4.79 Å². The Hall–Kier alpha value is -3.38. The summed E-state index contributed by atoms with van der Waals surface area (Å²) in [5.74, 6) is 0.677. The number of benzene rings is 3. The smallest absolute Gasteiger partial charge is 0.227 e. The molecule has 0 spiro atoms. The number of nitrogens with one attached hydrogen (secondary N) is 1. The second kappa shape index (κ2) is 8.32. The highest BCUT2D eigenvalue weighted by Gasteiger charge is 2.25. The van der Waals surface area contributed by atoms with Crippen LogP contribution in [0.25, 0.3) is 0 Å². The molecule has 0 aromatic heterocycles. The van der Waals surface area contributed by atoms with Crippen molar-refractivity contribution in [3.05, 3.63) is 89.2 Å². The first-order valence-electron chi connectivity index (χ1n) is 9.23. The van der Waals surface area contributed by atoms with Gasteiger partial charge in [-0.15, -0.1) is 0 Å². The summed E-state index contributed by atoms with van der Waals surface area (Å²) in [4.78, 5) is 11.1. The number of fused-ring (bicyclic) bond motifs is 1. The average molecular weight is 393 g/mol. The Labute approximate surface area is 168 Å². The van der Waals surface area contributed by atoms with Gasteiger partial charge in [0.1, 0.15) is 23.9 Å². The molecule has 0 bridgehead atoms. The Balaban J connectivity index is 1.51. The molecule has 0 saturated carbocycles. The number of amides is 1. The van der Waals surface area contributed by atoms with E-state index in [1.807, 2.05) is 30.3 Å². The molecule has 1 atom stereocenters. The molecule has 1 amide bonds. The first-order valence-corrected chi connectivity index (χ1v) is 9.23. The molecule has 1 aliphatic rings. The number of carbonyl (C=O) groups is 1. The summed E-state index contributed by atoms with van der Waals surface area (Å²) in [7, 11) is 0. The van der Waals surface area contributed by atoms with Crippen molar-refractivity contribution in [3.8, 4) is 11.5 Å². The van der Waals surface area contributed by atoms with Crippen molar-refractivity contribution in [3.63, 3.8) is 0 Å². The van der Waals surface area contributed by atoms with E-state index in [9.17, 15) is 9.18 Å². The van der Waals surface area contributed by atoms with Crippen LogP contribution in [0.1, 0.15) is 29.9 Å². The summed E-state index contributed by atoms with van der Waals surface area (Å²) in [6, 6.07) is 19.4.